The van der Waals surface area contributed by atoms with E-state index in [1.165, 1.54) is 18.4 Å². The third-order valence-corrected chi connectivity index (χ3v) is 6.38. The van der Waals surface area contributed by atoms with Crippen molar-refractivity contribution in [1.29, 1.82) is 0 Å². The van der Waals surface area contributed by atoms with Crippen LogP contribution in [0.25, 0.3) is 0 Å². The van der Waals surface area contributed by atoms with Gasteiger partial charge < -0.3 is 5.32 Å². The van der Waals surface area contributed by atoms with Crippen molar-refractivity contribution in [3.8, 4) is 0 Å². The fourth-order valence-corrected chi connectivity index (χ4v) is 4.55. The highest BCUT2D eigenvalue weighted by molar-refractivity contribution is 5.79. The van der Waals surface area contributed by atoms with Crippen LogP contribution in [0.5, 0.6) is 0 Å². The molecule has 0 radical (unpaired) electrons. The van der Waals surface area contributed by atoms with Crippen LogP contribution in [0.2, 0.25) is 0 Å². The summed E-state index contributed by atoms with van der Waals surface area (Å²) < 4.78 is 0. The van der Waals surface area contributed by atoms with E-state index in [1.54, 1.807) is 0 Å². The SMILES string of the molecule is CCC(CC)NC(=O)C1CCCN(C2CCN(Cc3ccncc3)CC2)C1. The summed E-state index contributed by atoms with van der Waals surface area (Å²) in [5.41, 5.74) is 1.35. The van der Waals surface area contributed by atoms with E-state index in [4.69, 9.17) is 0 Å². The summed E-state index contributed by atoms with van der Waals surface area (Å²) in [6.45, 7) is 9.73. The minimum absolute atomic E-state index is 0.175. The van der Waals surface area contributed by atoms with Crippen molar-refractivity contribution < 1.29 is 4.79 Å². The fourth-order valence-electron chi connectivity index (χ4n) is 4.55. The number of carbonyl (C=O) groups is 1. The topological polar surface area (TPSA) is 48.5 Å². The van der Waals surface area contributed by atoms with Gasteiger partial charge in [0, 0.05) is 37.6 Å². The second-order valence-electron chi connectivity index (χ2n) is 8.22. The number of piperidine rings is 2. The molecule has 5 nitrogen and oxygen atoms in total. The number of carbonyl (C=O) groups excluding carboxylic acids is 1. The van der Waals surface area contributed by atoms with E-state index in [1.807, 2.05) is 12.4 Å². The molecule has 2 aliphatic rings. The highest BCUT2D eigenvalue weighted by Gasteiger charge is 2.32. The number of amides is 1. The Hall–Kier alpha value is -1.46. The first-order chi connectivity index (χ1) is 13.2. The van der Waals surface area contributed by atoms with Gasteiger partial charge in [-0.2, -0.15) is 0 Å². The van der Waals surface area contributed by atoms with Crippen LogP contribution in [0, 0.1) is 5.92 Å². The maximum Gasteiger partial charge on any atom is 0.224 e. The monoisotopic (exact) mass is 372 g/mol. The van der Waals surface area contributed by atoms with Gasteiger partial charge in [0.15, 0.2) is 0 Å². The standard InChI is InChI=1S/C22H36N4O/c1-3-20(4-2)24-22(27)19-6-5-13-26(17-19)21-9-14-25(15-10-21)16-18-7-11-23-12-8-18/h7-8,11-12,19-21H,3-6,9-10,13-17H2,1-2H3,(H,24,27). The Kier molecular flexibility index (Phi) is 7.65. The van der Waals surface area contributed by atoms with E-state index in [0.29, 0.717) is 12.1 Å². The molecule has 1 aromatic heterocycles. The molecule has 0 aliphatic carbocycles. The first kappa shape index (κ1) is 20.3. The molecule has 27 heavy (non-hydrogen) atoms. The molecule has 5 heteroatoms. The smallest absolute Gasteiger partial charge is 0.224 e. The first-order valence-corrected chi connectivity index (χ1v) is 10.8. The van der Waals surface area contributed by atoms with Gasteiger partial charge in [0.1, 0.15) is 0 Å². The normalized spacial score (nSPS) is 22.9. The largest absolute Gasteiger partial charge is 0.353 e. The number of likely N-dealkylation sites (tertiary alicyclic amines) is 2. The van der Waals surface area contributed by atoms with E-state index < -0.39 is 0 Å². The molecule has 1 amide bonds. The van der Waals surface area contributed by atoms with Gasteiger partial charge in [-0.1, -0.05) is 13.8 Å². The molecule has 2 aliphatic heterocycles. The summed E-state index contributed by atoms with van der Waals surface area (Å²) >= 11 is 0. The number of hydrogen-bond donors (Lipinski definition) is 1. The number of pyridine rings is 1. The third kappa shape index (κ3) is 5.76. The van der Waals surface area contributed by atoms with Crippen molar-refractivity contribution in [2.75, 3.05) is 26.2 Å². The molecule has 3 heterocycles. The van der Waals surface area contributed by atoms with Crippen LogP contribution in [-0.4, -0.2) is 59.0 Å². The molecule has 1 atom stereocenters. The zero-order valence-electron chi connectivity index (χ0n) is 17.1. The molecular weight excluding hydrogens is 336 g/mol. The van der Waals surface area contributed by atoms with Crippen LogP contribution in [0.1, 0.15) is 57.9 Å². The number of rotatable bonds is 7. The van der Waals surface area contributed by atoms with Gasteiger partial charge in [-0.3, -0.25) is 19.6 Å². The third-order valence-electron chi connectivity index (χ3n) is 6.38. The zero-order chi connectivity index (χ0) is 19.1. The summed E-state index contributed by atoms with van der Waals surface area (Å²) in [4.78, 5) is 21.9. The van der Waals surface area contributed by atoms with Gasteiger partial charge in [0.25, 0.3) is 0 Å². The Morgan fingerprint density at radius 1 is 1.15 bits per heavy atom. The maximum atomic E-state index is 12.7. The second-order valence-corrected chi connectivity index (χ2v) is 8.22. The highest BCUT2D eigenvalue weighted by atomic mass is 16.2. The van der Waals surface area contributed by atoms with Crippen LogP contribution in [0.15, 0.2) is 24.5 Å². The van der Waals surface area contributed by atoms with Crippen molar-refractivity contribution >= 4 is 5.91 Å². The summed E-state index contributed by atoms with van der Waals surface area (Å²) in [6.07, 6.45) is 10.4. The zero-order valence-corrected chi connectivity index (χ0v) is 17.1. The number of nitrogens with zero attached hydrogens (tertiary/aromatic N) is 3. The second kappa shape index (κ2) is 10.2. The van der Waals surface area contributed by atoms with Gasteiger partial charge in [-0.15, -0.1) is 0 Å². The summed E-state index contributed by atoms with van der Waals surface area (Å²) in [7, 11) is 0. The highest BCUT2D eigenvalue weighted by Crippen LogP contribution is 2.25. The van der Waals surface area contributed by atoms with E-state index >= 15 is 0 Å². The average molecular weight is 373 g/mol. The van der Waals surface area contributed by atoms with Gasteiger partial charge in [-0.05, 0) is 75.9 Å². The predicted molar refractivity (Wildman–Crippen MR) is 109 cm³/mol. The predicted octanol–water partition coefficient (Wildman–Crippen LogP) is 3.06. The van der Waals surface area contributed by atoms with Crippen LogP contribution >= 0.6 is 0 Å². The molecule has 0 spiro atoms. The molecule has 0 aromatic carbocycles. The summed E-state index contributed by atoms with van der Waals surface area (Å²) in [5, 5.41) is 3.26. The Bertz CT molecular complexity index is 567. The van der Waals surface area contributed by atoms with Gasteiger partial charge in [0.2, 0.25) is 5.91 Å². The lowest BCUT2D eigenvalue weighted by Crippen LogP contribution is -2.51. The van der Waals surface area contributed by atoms with Crippen LogP contribution in [0.3, 0.4) is 0 Å². The molecule has 0 bridgehead atoms. The molecular formula is C22H36N4O. The first-order valence-electron chi connectivity index (χ1n) is 10.8. The van der Waals surface area contributed by atoms with Crippen LogP contribution in [0.4, 0.5) is 0 Å². The van der Waals surface area contributed by atoms with E-state index in [0.717, 1.165) is 58.4 Å². The molecule has 1 unspecified atom stereocenters. The summed E-state index contributed by atoms with van der Waals surface area (Å²) in [5.74, 6) is 0.456. The average Bonchev–Trinajstić information content (AvgIpc) is 2.73. The number of hydrogen-bond acceptors (Lipinski definition) is 4. The molecule has 1 aromatic rings. The molecule has 2 saturated heterocycles. The van der Waals surface area contributed by atoms with Crippen molar-refractivity contribution in [3.63, 3.8) is 0 Å². The van der Waals surface area contributed by atoms with Crippen LogP contribution in [-0.2, 0) is 11.3 Å². The Balaban J connectivity index is 1.46. The quantitative estimate of drug-likeness (QED) is 0.799. The Labute approximate surface area is 164 Å². The molecule has 0 saturated carbocycles. The van der Waals surface area contributed by atoms with Gasteiger partial charge >= 0.3 is 0 Å². The van der Waals surface area contributed by atoms with Crippen molar-refractivity contribution in [2.45, 2.75) is 71.0 Å². The van der Waals surface area contributed by atoms with Crippen molar-refractivity contribution in [1.82, 2.24) is 20.1 Å². The Morgan fingerprint density at radius 3 is 2.52 bits per heavy atom. The fraction of sp³-hybridized carbons (Fsp3) is 0.727. The van der Waals surface area contributed by atoms with Crippen molar-refractivity contribution in [3.05, 3.63) is 30.1 Å². The number of aromatic nitrogens is 1. The lowest BCUT2D eigenvalue weighted by atomic mass is 9.92. The van der Waals surface area contributed by atoms with Crippen LogP contribution < -0.4 is 5.32 Å². The van der Waals surface area contributed by atoms with Crippen molar-refractivity contribution in [2.24, 2.45) is 5.92 Å². The van der Waals surface area contributed by atoms with Gasteiger partial charge in [0.05, 0.1) is 5.92 Å². The van der Waals surface area contributed by atoms with E-state index in [-0.39, 0.29) is 11.8 Å². The Morgan fingerprint density at radius 2 is 1.85 bits per heavy atom. The van der Waals surface area contributed by atoms with E-state index in [2.05, 4.69) is 46.1 Å². The minimum Gasteiger partial charge on any atom is -0.353 e. The summed E-state index contributed by atoms with van der Waals surface area (Å²) in [6, 6.07) is 5.20. The lowest BCUT2D eigenvalue weighted by molar-refractivity contribution is -0.128. The number of nitrogens with one attached hydrogen (secondary N) is 1. The van der Waals surface area contributed by atoms with Gasteiger partial charge in [-0.25, -0.2) is 0 Å². The lowest BCUT2D eigenvalue weighted by Gasteiger charge is -2.42. The maximum absolute atomic E-state index is 12.7. The molecule has 1 N–H and O–H groups in total. The molecule has 3 rings (SSSR count). The molecule has 2 fully saturated rings. The van der Waals surface area contributed by atoms with E-state index in [9.17, 15) is 4.79 Å². The minimum atomic E-state index is 0.175. The molecule has 150 valence electrons.